The SMILES string of the molecule is CC(C)(C)OC(=O)NC(CCc1ccccc1)C(=O)N1CCC[C@H]1C(=O)NCc1ccc2c(N)nccc2c1. The van der Waals surface area contributed by atoms with Crippen LogP contribution in [0.4, 0.5) is 10.6 Å². The zero-order valence-electron chi connectivity index (χ0n) is 22.8. The monoisotopic (exact) mass is 531 g/mol. The third-order valence-electron chi connectivity index (χ3n) is 6.72. The van der Waals surface area contributed by atoms with Crippen LogP contribution in [0.5, 0.6) is 0 Å². The zero-order chi connectivity index (χ0) is 28.0. The summed E-state index contributed by atoms with van der Waals surface area (Å²) in [5, 5.41) is 7.55. The van der Waals surface area contributed by atoms with Crippen molar-refractivity contribution < 1.29 is 19.1 Å². The van der Waals surface area contributed by atoms with Gasteiger partial charge < -0.3 is 26.0 Å². The van der Waals surface area contributed by atoms with Crippen LogP contribution in [0.25, 0.3) is 10.8 Å². The number of ether oxygens (including phenoxy) is 1. The lowest BCUT2D eigenvalue weighted by Crippen LogP contribution is -2.54. The first kappa shape index (κ1) is 27.9. The molecule has 1 aliphatic heterocycles. The minimum Gasteiger partial charge on any atom is -0.444 e. The minimum absolute atomic E-state index is 0.214. The first-order valence-electron chi connectivity index (χ1n) is 13.4. The smallest absolute Gasteiger partial charge is 0.408 e. The Morgan fingerprint density at radius 2 is 1.87 bits per heavy atom. The van der Waals surface area contributed by atoms with Crippen molar-refractivity contribution in [2.75, 3.05) is 12.3 Å². The number of aromatic nitrogens is 1. The quantitative estimate of drug-likeness (QED) is 0.404. The molecule has 9 nitrogen and oxygen atoms in total. The topological polar surface area (TPSA) is 127 Å². The van der Waals surface area contributed by atoms with E-state index in [2.05, 4.69) is 15.6 Å². The molecule has 9 heteroatoms. The maximum absolute atomic E-state index is 13.7. The van der Waals surface area contributed by atoms with E-state index in [9.17, 15) is 14.4 Å². The second kappa shape index (κ2) is 12.1. The molecule has 2 aromatic carbocycles. The van der Waals surface area contributed by atoms with Gasteiger partial charge in [-0.25, -0.2) is 9.78 Å². The molecule has 1 aromatic heterocycles. The summed E-state index contributed by atoms with van der Waals surface area (Å²) in [6.07, 6.45) is 3.27. The molecule has 4 N–H and O–H groups in total. The Bertz CT molecular complexity index is 1320. The molecule has 39 heavy (non-hydrogen) atoms. The molecule has 0 saturated carbocycles. The number of hydrogen-bond acceptors (Lipinski definition) is 6. The third-order valence-corrected chi connectivity index (χ3v) is 6.72. The first-order valence-corrected chi connectivity index (χ1v) is 13.4. The van der Waals surface area contributed by atoms with Crippen LogP contribution in [0.2, 0.25) is 0 Å². The number of likely N-dealkylation sites (tertiary alicyclic amines) is 1. The molecule has 2 heterocycles. The van der Waals surface area contributed by atoms with E-state index in [1.54, 1.807) is 31.9 Å². The Kier molecular flexibility index (Phi) is 8.69. The van der Waals surface area contributed by atoms with Gasteiger partial charge in [0.2, 0.25) is 11.8 Å². The fourth-order valence-corrected chi connectivity index (χ4v) is 4.83. The fraction of sp³-hybridized carbons (Fsp3) is 0.400. The largest absolute Gasteiger partial charge is 0.444 e. The van der Waals surface area contributed by atoms with E-state index in [4.69, 9.17) is 10.5 Å². The van der Waals surface area contributed by atoms with Gasteiger partial charge in [-0.3, -0.25) is 9.59 Å². The van der Waals surface area contributed by atoms with Crippen LogP contribution in [-0.2, 0) is 27.3 Å². The van der Waals surface area contributed by atoms with Gasteiger partial charge in [-0.05, 0) is 75.1 Å². The van der Waals surface area contributed by atoms with Crippen molar-refractivity contribution in [2.24, 2.45) is 0 Å². The predicted molar refractivity (Wildman–Crippen MR) is 151 cm³/mol. The highest BCUT2D eigenvalue weighted by Gasteiger charge is 2.38. The van der Waals surface area contributed by atoms with E-state index >= 15 is 0 Å². The number of pyridine rings is 1. The van der Waals surface area contributed by atoms with Crippen LogP contribution >= 0.6 is 0 Å². The van der Waals surface area contributed by atoms with Gasteiger partial charge in [-0.1, -0.05) is 42.5 Å². The predicted octanol–water partition coefficient (Wildman–Crippen LogP) is 3.95. The molecule has 0 radical (unpaired) electrons. The molecular weight excluding hydrogens is 494 g/mol. The lowest BCUT2D eigenvalue weighted by atomic mass is 10.0. The van der Waals surface area contributed by atoms with Crippen LogP contribution in [0, 0.1) is 0 Å². The molecule has 0 bridgehead atoms. The molecule has 1 fully saturated rings. The molecular formula is C30H37N5O4. The Morgan fingerprint density at radius 1 is 1.10 bits per heavy atom. The molecule has 1 unspecified atom stereocenters. The Morgan fingerprint density at radius 3 is 2.62 bits per heavy atom. The van der Waals surface area contributed by atoms with Gasteiger partial charge in [0.05, 0.1) is 0 Å². The summed E-state index contributed by atoms with van der Waals surface area (Å²) in [4.78, 5) is 45.2. The van der Waals surface area contributed by atoms with Gasteiger partial charge in [0, 0.05) is 24.7 Å². The number of hydrogen-bond donors (Lipinski definition) is 3. The average Bonchev–Trinajstić information content (AvgIpc) is 3.39. The molecule has 0 aliphatic carbocycles. The van der Waals surface area contributed by atoms with Crippen molar-refractivity contribution in [3.05, 3.63) is 71.9 Å². The molecule has 1 aliphatic rings. The van der Waals surface area contributed by atoms with Crippen molar-refractivity contribution in [3.63, 3.8) is 0 Å². The first-order chi connectivity index (χ1) is 18.6. The fourth-order valence-electron chi connectivity index (χ4n) is 4.83. The van der Waals surface area contributed by atoms with Crippen LogP contribution in [0.15, 0.2) is 60.8 Å². The molecule has 3 aromatic rings. The number of nitrogens with two attached hydrogens (primary N) is 1. The number of alkyl carbamates (subject to hydrolysis) is 1. The van der Waals surface area contributed by atoms with Gasteiger partial charge >= 0.3 is 6.09 Å². The van der Waals surface area contributed by atoms with Gasteiger partial charge in [-0.15, -0.1) is 0 Å². The summed E-state index contributed by atoms with van der Waals surface area (Å²) in [5.74, 6) is -0.0256. The summed E-state index contributed by atoms with van der Waals surface area (Å²) < 4.78 is 5.42. The van der Waals surface area contributed by atoms with Crippen molar-refractivity contribution in [3.8, 4) is 0 Å². The number of nitrogens with zero attached hydrogens (tertiary/aromatic N) is 2. The average molecular weight is 532 g/mol. The van der Waals surface area contributed by atoms with Gasteiger partial charge in [0.25, 0.3) is 0 Å². The maximum atomic E-state index is 13.7. The van der Waals surface area contributed by atoms with Crippen molar-refractivity contribution in [1.82, 2.24) is 20.5 Å². The number of carbonyl (C=O) groups is 3. The van der Waals surface area contributed by atoms with Crippen LogP contribution in [0.1, 0.15) is 51.2 Å². The van der Waals surface area contributed by atoms with Gasteiger partial charge in [0.1, 0.15) is 23.5 Å². The number of nitrogen functional groups attached to an aromatic ring is 1. The summed E-state index contributed by atoms with van der Waals surface area (Å²) in [6, 6.07) is 16.0. The van der Waals surface area contributed by atoms with Crippen LogP contribution in [0.3, 0.4) is 0 Å². The lowest BCUT2D eigenvalue weighted by molar-refractivity contribution is -0.140. The number of fused-ring (bicyclic) bond motifs is 1. The number of aryl methyl sites for hydroxylation is 1. The van der Waals surface area contributed by atoms with E-state index in [-0.39, 0.29) is 11.8 Å². The zero-order valence-corrected chi connectivity index (χ0v) is 22.8. The number of amides is 3. The van der Waals surface area contributed by atoms with Crippen LogP contribution < -0.4 is 16.4 Å². The van der Waals surface area contributed by atoms with E-state index < -0.39 is 23.8 Å². The Hall–Kier alpha value is -4.14. The second-order valence-electron chi connectivity index (χ2n) is 10.9. The highest BCUT2D eigenvalue weighted by molar-refractivity contribution is 5.93. The normalized spacial score (nSPS) is 16.1. The summed E-state index contributed by atoms with van der Waals surface area (Å²) in [7, 11) is 0. The molecule has 2 atom stereocenters. The number of benzene rings is 2. The molecule has 4 rings (SSSR count). The van der Waals surface area contributed by atoms with Crippen molar-refractivity contribution >= 4 is 34.5 Å². The van der Waals surface area contributed by atoms with E-state index in [0.717, 1.165) is 21.9 Å². The second-order valence-corrected chi connectivity index (χ2v) is 10.9. The highest BCUT2D eigenvalue weighted by Crippen LogP contribution is 2.22. The summed E-state index contributed by atoms with van der Waals surface area (Å²) >= 11 is 0. The van der Waals surface area contributed by atoms with E-state index in [1.165, 1.54) is 0 Å². The maximum Gasteiger partial charge on any atom is 0.408 e. The molecule has 1 saturated heterocycles. The minimum atomic E-state index is -0.812. The third kappa shape index (κ3) is 7.46. The summed E-state index contributed by atoms with van der Waals surface area (Å²) in [6.45, 7) is 6.10. The van der Waals surface area contributed by atoms with Crippen LogP contribution in [-0.4, -0.2) is 52.0 Å². The molecule has 206 valence electrons. The van der Waals surface area contributed by atoms with Gasteiger partial charge in [-0.2, -0.15) is 0 Å². The van der Waals surface area contributed by atoms with Gasteiger partial charge in [0.15, 0.2) is 0 Å². The number of carbonyl (C=O) groups excluding carboxylic acids is 3. The Balaban J connectivity index is 1.43. The van der Waals surface area contributed by atoms with Crippen molar-refractivity contribution in [1.29, 1.82) is 0 Å². The number of anilines is 1. The standard InChI is InChI=1S/C30H37N5O4/c1-30(2,3)39-29(38)34-24(14-12-20-8-5-4-6-9-20)28(37)35-17-7-10-25(35)27(36)33-19-21-11-13-23-22(18-21)15-16-32-26(23)31/h4-6,8-9,11,13,15-16,18,24-25H,7,10,12,14,17,19H2,1-3H3,(H2,31,32)(H,33,36)(H,34,38)/t24?,25-/m0/s1. The Labute approximate surface area is 229 Å². The highest BCUT2D eigenvalue weighted by atomic mass is 16.6. The van der Waals surface area contributed by atoms with E-state index in [0.29, 0.717) is 44.6 Å². The summed E-state index contributed by atoms with van der Waals surface area (Å²) in [5.41, 5.74) is 7.23. The van der Waals surface area contributed by atoms with Crippen molar-refractivity contribution in [2.45, 2.75) is 70.7 Å². The molecule has 0 spiro atoms. The van der Waals surface area contributed by atoms with E-state index in [1.807, 2.05) is 54.6 Å². The number of nitrogens with one attached hydrogen (secondary N) is 2. The lowest BCUT2D eigenvalue weighted by Gasteiger charge is -2.29. The number of rotatable bonds is 8. The molecule has 3 amide bonds.